The van der Waals surface area contributed by atoms with Gasteiger partial charge in [-0.25, -0.2) is 9.31 Å². The normalized spacial score (nSPS) is 11.5. The number of esters is 1. The number of carbonyl (C=O) groups excluding carboxylic acids is 2. The molecule has 0 saturated carbocycles. The number of ketones is 1. The van der Waals surface area contributed by atoms with Crippen LogP contribution in [0.3, 0.4) is 0 Å². The first-order valence-electron chi connectivity index (χ1n) is 9.41. The second-order valence-electron chi connectivity index (χ2n) is 6.68. The number of aromatic nitrogens is 3. The number of fused-ring (bicyclic) bond motifs is 1. The summed E-state index contributed by atoms with van der Waals surface area (Å²) in [5.74, 6) is 0.00925. The van der Waals surface area contributed by atoms with Gasteiger partial charge in [0, 0.05) is 16.7 Å². The van der Waals surface area contributed by atoms with E-state index in [0.717, 1.165) is 11.3 Å². The van der Waals surface area contributed by atoms with E-state index in [2.05, 4.69) is 10.1 Å². The van der Waals surface area contributed by atoms with E-state index >= 15 is 0 Å². The molecule has 0 unspecified atom stereocenters. The van der Waals surface area contributed by atoms with E-state index in [9.17, 15) is 9.59 Å². The fourth-order valence-electron chi connectivity index (χ4n) is 3.16. The molecule has 0 aliphatic heterocycles. The molecule has 2 aromatic carbocycles. The molecule has 0 amide bonds. The summed E-state index contributed by atoms with van der Waals surface area (Å²) in [5.41, 5.74) is 3.10. The van der Waals surface area contributed by atoms with E-state index in [0.29, 0.717) is 32.4 Å². The van der Waals surface area contributed by atoms with Gasteiger partial charge in [-0.05, 0) is 6.92 Å². The van der Waals surface area contributed by atoms with Crippen molar-refractivity contribution in [3.8, 4) is 11.4 Å². The number of benzene rings is 2. The van der Waals surface area contributed by atoms with Gasteiger partial charge >= 0.3 is 5.97 Å². The molecular formula is C23H19N3O4S. The molecule has 0 saturated heterocycles. The predicted molar refractivity (Wildman–Crippen MR) is 118 cm³/mol. The highest BCUT2D eigenvalue weighted by atomic mass is 32.1. The molecule has 2 aromatic heterocycles. The lowest BCUT2D eigenvalue weighted by molar-refractivity contribution is -0.133. The topological polar surface area (TPSA) is 82.8 Å². The van der Waals surface area contributed by atoms with Crippen LogP contribution < -0.4 is 0 Å². The van der Waals surface area contributed by atoms with Gasteiger partial charge in [-0.3, -0.25) is 4.79 Å². The molecule has 0 aliphatic rings. The van der Waals surface area contributed by atoms with Gasteiger partial charge in [0.2, 0.25) is 4.96 Å². The van der Waals surface area contributed by atoms with Crippen LogP contribution in [0.4, 0.5) is 0 Å². The van der Waals surface area contributed by atoms with Crippen molar-refractivity contribution < 1.29 is 19.1 Å². The third-order valence-electron chi connectivity index (χ3n) is 4.74. The standard InChI is InChI=1S/C23H19N3O4S/c1-14-20(18(13-29-2)22(28)30-3)31-23-24-21(25-26(14)23)17-11-9-16(10-12-17)19(27)15-7-5-4-6-8-15/h4-13H,1-3H3/b18-13+. The molecular weight excluding hydrogens is 414 g/mol. The van der Waals surface area contributed by atoms with E-state index in [1.165, 1.54) is 31.8 Å². The fourth-order valence-corrected chi connectivity index (χ4v) is 4.22. The van der Waals surface area contributed by atoms with Gasteiger partial charge in [-0.2, -0.15) is 4.98 Å². The molecule has 4 aromatic rings. The molecule has 156 valence electrons. The fraction of sp³-hybridized carbons (Fsp3) is 0.130. The summed E-state index contributed by atoms with van der Waals surface area (Å²) in [7, 11) is 2.79. The maximum atomic E-state index is 12.6. The Labute approximate surface area is 182 Å². The van der Waals surface area contributed by atoms with E-state index < -0.39 is 5.97 Å². The molecule has 7 nitrogen and oxygen atoms in total. The number of nitrogens with zero attached hydrogens (tertiary/aromatic N) is 3. The van der Waals surface area contributed by atoms with Crippen molar-refractivity contribution in [2.45, 2.75) is 6.92 Å². The minimum atomic E-state index is -0.492. The molecule has 0 N–H and O–H groups in total. The van der Waals surface area contributed by atoms with Crippen molar-refractivity contribution in [2.75, 3.05) is 14.2 Å². The van der Waals surface area contributed by atoms with E-state index in [4.69, 9.17) is 9.47 Å². The summed E-state index contributed by atoms with van der Waals surface area (Å²) >= 11 is 1.32. The van der Waals surface area contributed by atoms with E-state index in [-0.39, 0.29) is 5.78 Å². The van der Waals surface area contributed by atoms with Gasteiger partial charge in [-0.15, -0.1) is 5.10 Å². The van der Waals surface area contributed by atoms with Gasteiger partial charge in [-0.1, -0.05) is 65.9 Å². The number of thiazole rings is 1. The zero-order valence-electron chi connectivity index (χ0n) is 17.2. The maximum absolute atomic E-state index is 12.6. The Morgan fingerprint density at radius 1 is 1.00 bits per heavy atom. The highest BCUT2D eigenvalue weighted by molar-refractivity contribution is 7.18. The first kappa shape index (κ1) is 20.5. The van der Waals surface area contributed by atoms with Crippen LogP contribution in [-0.2, 0) is 14.3 Å². The average molecular weight is 433 g/mol. The second-order valence-corrected chi connectivity index (χ2v) is 7.66. The Balaban J connectivity index is 1.65. The summed E-state index contributed by atoms with van der Waals surface area (Å²) in [4.78, 5) is 30.6. The van der Waals surface area contributed by atoms with Crippen molar-refractivity contribution >= 4 is 33.6 Å². The molecule has 0 bridgehead atoms. The van der Waals surface area contributed by atoms with Crippen LogP contribution in [0.5, 0.6) is 0 Å². The molecule has 0 aliphatic carbocycles. The first-order chi connectivity index (χ1) is 15.0. The lowest BCUT2D eigenvalue weighted by Crippen LogP contribution is -2.05. The van der Waals surface area contributed by atoms with Crippen LogP contribution in [0.2, 0.25) is 0 Å². The molecule has 0 spiro atoms. The lowest BCUT2D eigenvalue weighted by Gasteiger charge is -2.04. The third kappa shape index (κ3) is 3.85. The molecule has 8 heteroatoms. The smallest absolute Gasteiger partial charge is 0.342 e. The zero-order chi connectivity index (χ0) is 22.0. The van der Waals surface area contributed by atoms with Crippen LogP contribution >= 0.6 is 11.3 Å². The SMILES string of the molecule is CO/C=C(/C(=O)OC)c1sc2nc(-c3ccc(C(=O)c4ccccc4)cc3)nn2c1C. The molecule has 0 atom stereocenters. The van der Waals surface area contributed by atoms with Crippen molar-refractivity contribution in [3.63, 3.8) is 0 Å². The third-order valence-corrected chi connectivity index (χ3v) is 5.91. The van der Waals surface area contributed by atoms with Crippen LogP contribution in [0, 0.1) is 6.92 Å². The van der Waals surface area contributed by atoms with Gasteiger partial charge < -0.3 is 9.47 Å². The maximum Gasteiger partial charge on any atom is 0.342 e. The number of carbonyl (C=O) groups is 2. The Hall–Kier alpha value is -3.78. The molecule has 4 rings (SSSR count). The number of rotatable bonds is 6. The predicted octanol–water partition coefficient (Wildman–Crippen LogP) is 4.16. The molecule has 0 fully saturated rings. The highest BCUT2D eigenvalue weighted by Gasteiger charge is 2.22. The number of hydrogen-bond donors (Lipinski definition) is 0. The summed E-state index contributed by atoms with van der Waals surface area (Å²) in [6.45, 7) is 1.85. The van der Waals surface area contributed by atoms with Crippen LogP contribution in [0.25, 0.3) is 21.9 Å². The van der Waals surface area contributed by atoms with Crippen LogP contribution in [0.15, 0.2) is 60.9 Å². The lowest BCUT2D eigenvalue weighted by atomic mass is 10.0. The largest absolute Gasteiger partial charge is 0.503 e. The van der Waals surface area contributed by atoms with Crippen molar-refractivity contribution in [1.82, 2.24) is 14.6 Å². The van der Waals surface area contributed by atoms with Crippen LogP contribution in [-0.4, -0.2) is 40.6 Å². The number of methoxy groups -OCH3 is 2. The summed E-state index contributed by atoms with van der Waals surface area (Å²) < 4.78 is 11.6. The zero-order valence-corrected chi connectivity index (χ0v) is 18.0. The minimum absolute atomic E-state index is 0.0355. The summed E-state index contributed by atoms with van der Waals surface area (Å²) in [6.07, 6.45) is 1.35. The quantitative estimate of drug-likeness (QED) is 0.197. The monoisotopic (exact) mass is 433 g/mol. The number of aryl methyl sites for hydroxylation is 1. The van der Waals surface area contributed by atoms with Gasteiger partial charge in [0.05, 0.1) is 31.1 Å². The Morgan fingerprint density at radius 3 is 2.29 bits per heavy atom. The number of hydrogen-bond acceptors (Lipinski definition) is 7. The van der Waals surface area contributed by atoms with E-state index in [1.54, 1.807) is 28.8 Å². The molecule has 2 heterocycles. The highest BCUT2D eigenvalue weighted by Crippen LogP contribution is 2.31. The van der Waals surface area contributed by atoms with Crippen molar-refractivity contribution in [2.24, 2.45) is 0 Å². The van der Waals surface area contributed by atoms with E-state index in [1.807, 2.05) is 37.3 Å². The second kappa shape index (κ2) is 8.53. The van der Waals surface area contributed by atoms with Gasteiger partial charge in [0.15, 0.2) is 11.6 Å². The Bertz CT molecular complexity index is 1290. The minimum Gasteiger partial charge on any atom is -0.503 e. The Kier molecular flexibility index (Phi) is 5.64. The van der Waals surface area contributed by atoms with Crippen LogP contribution in [0.1, 0.15) is 26.5 Å². The van der Waals surface area contributed by atoms with Gasteiger partial charge in [0.25, 0.3) is 0 Å². The molecule has 0 radical (unpaired) electrons. The van der Waals surface area contributed by atoms with Gasteiger partial charge in [0.1, 0.15) is 5.57 Å². The first-order valence-corrected chi connectivity index (χ1v) is 10.2. The van der Waals surface area contributed by atoms with Crippen molar-refractivity contribution in [3.05, 3.63) is 82.6 Å². The Morgan fingerprint density at radius 2 is 1.68 bits per heavy atom. The van der Waals surface area contributed by atoms with Crippen molar-refractivity contribution in [1.29, 1.82) is 0 Å². The number of ether oxygens (including phenoxy) is 2. The average Bonchev–Trinajstić information content (AvgIpc) is 3.36. The summed E-state index contributed by atoms with van der Waals surface area (Å²) in [6, 6.07) is 16.4. The summed E-state index contributed by atoms with van der Waals surface area (Å²) in [5, 5.41) is 4.57. The molecule has 31 heavy (non-hydrogen) atoms.